The summed E-state index contributed by atoms with van der Waals surface area (Å²) in [7, 11) is 0.710. The van der Waals surface area contributed by atoms with Crippen LogP contribution in [0.3, 0.4) is 0 Å². The number of aromatic nitrogens is 22. The van der Waals surface area contributed by atoms with Crippen LogP contribution in [0.4, 0.5) is 11.6 Å². The average molecular weight is 2040 g/mol. The van der Waals surface area contributed by atoms with Gasteiger partial charge in [-0.2, -0.15) is 10.2 Å². The van der Waals surface area contributed by atoms with Gasteiger partial charge in [-0.1, -0.05) is 232 Å². The molecule has 687 valence electrons. The van der Waals surface area contributed by atoms with Crippen molar-refractivity contribution in [1.82, 2.24) is 111 Å². The molecule has 33 nitrogen and oxygen atoms in total. The summed E-state index contributed by atoms with van der Waals surface area (Å²) < 4.78 is 9.22. The number of cyclic esters (lactones) is 2. The van der Waals surface area contributed by atoms with Crippen molar-refractivity contribution in [1.29, 1.82) is 0 Å². The Morgan fingerprint density at radius 1 is 0.353 bits per heavy atom. The van der Waals surface area contributed by atoms with E-state index in [9.17, 15) is 28.8 Å². The Kier molecular flexibility index (Phi) is 39.3. The van der Waals surface area contributed by atoms with Crippen molar-refractivity contribution < 1.29 is 24.0 Å². The normalized spacial score (nSPS) is 12.2. The lowest BCUT2D eigenvalue weighted by molar-refractivity contribution is 0.0441. The van der Waals surface area contributed by atoms with Gasteiger partial charge >= 0.3 is 19.6 Å². The van der Waals surface area contributed by atoms with Gasteiger partial charge in [-0.05, 0) is 134 Å². The van der Waals surface area contributed by atoms with Crippen LogP contribution in [0.25, 0.3) is 87.6 Å². The number of carbonyl (C=O) groups is 2. The zero-order chi connectivity index (χ0) is 92.8. The summed E-state index contributed by atoms with van der Waals surface area (Å²) in [5.41, 5.74) is 6.75. The molecule has 20 rings (SSSR count). The minimum atomic E-state index is -0.661. The lowest BCUT2D eigenvalue weighted by atomic mass is 9.94. The third-order valence-corrected chi connectivity index (χ3v) is 21.9. The first-order valence-electron chi connectivity index (χ1n) is 38.9. The molecular formula is C87H78BCl12N24O9. The number of nitrogens with one attached hydrogen (secondary N) is 4. The van der Waals surface area contributed by atoms with Crippen LogP contribution in [-0.4, -0.2) is 162 Å². The molecule has 0 spiro atoms. The van der Waals surface area contributed by atoms with Gasteiger partial charge < -0.3 is 24.2 Å². The number of benzene rings is 2. The van der Waals surface area contributed by atoms with Gasteiger partial charge in [0.05, 0.1) is 41.4 Å². The predicted molar refractivity (Wildman–Crippen MR) is 528 cm³/mol. The Bertz CT molecular complexity index is 7130. The first-order chi connectivity index (χ1) is 62.6. The molecule has 17 aromatic rings. The maximum atomic E-state index is 11.2. The minimum Gasteiger partial charge on any atom is -0.537 e. The van der Waals surface area contributed by atoms with E-state index in [1.807, 2.05) is 36.4 Å². The summed E-state index contributed by atoms with van der Waals surface area (Å²) in [5, 5.41) is 64.8. The van der Waals surface area contributed by atoms with E-state index in [2.05, 4.69) is 172 Å². The van der Waals surface area contributed by atoms with E-state index in [4.69, 9.17) is 149 Å². The van der Waals surface area contributed by atoms with Crippen LogP contribution in [0, 0.1) is 0 Å². The van der Waals surface area contributed by atoms with E-state index in [0.717, 1.165) is 87.6 Å². The number of hydrogen-bond donors (Lipinski definition) is 5. The lowest BCUT2D eigenvalue weighted by Crippen LogP contribution is -2.30. The number of fused-ring (bicyclic) bond motifs is 8. The SMILES string of the molecule is C.C.C.CC(C)c1ccccc1-c1nnc(N2CCCCC2)c2ncc(Cl)cc12.CC(C)c1ccccc1O[B]O.Clc1cnc2c(Cl)nnc(Cl)c2c1.Clc1cnc2c(N3CCCCC3)nnc(Cl)c2c1.Clc1nnc(Cl)c2ncccc12.O=C1OC(=O)c2ncccc21.O=c1[nH][nH]c(=O)c2ncccc12.O=c1[nH]nc(Cl)c2cc(Cl)cnc12.O=c1[nH]nc(Cl)c2ncc(Cl)cc12. The van der Waals surface area contributed by atoms with Crippen molar-refractivity contribution in [3.63, 3.8) is 0 Å². The van der Waals surface area contributed by atoms with Crippen molar-refractivity contribution in [3.8, 4) is 17.0 Å². The molecule has 1 radical (unpaired) electrons. The number of ether oxygens (including phenoxy) is 1. The van der Waals surface area contributed by atoms with E-state index >= 15 is 0 Å². The van der Waals surface area contributed by atoms with Crippen molar-refractivity contribution in [3.05, 3.63) is 290 Å². The first-order valence-corrected chi connectivity index (χ1v) is 43.4. The molecule has 0 atom stereocenters. The first kappa shape index (κ1) is 105. The highest BCUT2D eigenvalue weighted by Crippen LogP contribution is 2.38. The summed E-state index contributed by atoms with van der Waals surface area (Å²) in [5.74, 6) is 1.93. The Morgan fingerprint density at radius 3 is 1.30 bits per heavy atom. The highest BCUT2D eigenvalue weighted by molar-refractivity contribution is 6.40. The summed E-state index contributed by atoms with van der Waals surface area (Å²) in [4.78, 5) is 103. The number of halogens is 12. The number of rotatable bonds is 7. The molecule has 0 amide bonds. The van der Waals surface area contributed by atoms with Crippen LogP contribution in [0.2, 0.25) is 61.2 Å². The molecule has 0 saturated carbocycles. The fourth-order valence-corrected chi connectivity index (χ4v) is 15.0. The van der Waals surface area contributed by atoms with Crippen LogP contribution in [-0.2, 0) is 4.74 Å². The molecule has 0 bridgehead atoms. The molecule has 5 N–H and O–H groups in total. The second-order valence-electron chi connectivity index (χ2n) is 28.2. The number of esters is 2. The number of pyridine rings is 8. The number of nitrogens with zero attached hydrogens (tertiary/aromatic N) is 20. The second kappa shape index (κ2) is 49.8. The van der Waals surface area contributed by atoms with E-state index in [1.165, 1.54) is 87.2 Å². The molecule has 2 aromatic carbocycles. The smallest absolute Gasteiger partial charge is 0.537 e. The van der Waals surface area contributed by atoms with Crippen LogP contribution in [0.5, 0.6) is 5.75 Å². The molecule has 2 saturated heterocycles. The molecule has 15 aromatic heterocycles. The van der Waals surface area contributed by atoms with Crippen molar-refractivity contribution in [2.45, 2.75) is 100 Å². The molecule has 18 heterocycles. The number of piperidine rings is 2. The molecular weight excluding hydrogens is 1960 g/mol. The summed E-state index contributed by atoms with van der Waals surface area (Å²) >= 11 is 69.8. The molecule has 133 heavy (non-hydrogen) atoms. The number of anilines is 2. The van der Waals surface area contributed by atoms with Gasteiger partial charge in [0.2, 0.25) is 0 Å². The van der Waals surface area contributed by atoms with Crippen LogP contribution >= 0.6 is 139 Å². The van der Waals surface area contributed by atoms with Crippen molar-refractivity contribution in [2.75, 3.05) is 36.0 Å². The Labute approximate surface area is 818 Å². The van der Waals surface area contributed by atoms with Crippen molar-refractivity contribution in [2.24, 2.45) is 0 Å². The van der Waals surface area contributed by atoms with E-state index in [1.54, 1.807) is 67.1 Å². The van der Waals surface area contributed by atoms with Crippen LogP contribution < -0.4 is 36.7 Å². The number of aromatic amines is 4. The molecule has 46 heteroatoms. The molecule has 2 fully saturated rings. The van der Waals surface area contributed by atoms with E-state index in [0.29, 0.717) is 93.0 Å². The number of hydrogen-bond acceptors (Lipinski definition) is 29. The summed E-state index contributed by atoms with van der Waals surface area (Å²) in [6.07, 6.45) is 19.4. The standard InChI is InChI=1S/C21H23ClN4.C12H12Cl2N4.C9H12BO2.C7H2Cl3N3.2C7H3Cl2N3O.C7H3Cl2N3.C7H5N3O2.C7H3NO3.3CH4/c1-14(2)16-8-4-5-9-17(16)19-18-12-15(22)13-23-20(18)21(25-24-19)26-10-6-3-7-11-26;13-8-6-9-10(15-7-8)12(17-16-11(9)14)18-4-2-1-3-5-18;1-7(2)8-5-3-4-6-9(8)12-10-11;8-3-1-4-5(11-2-3)7(10)13-12-6(4)9;8-3-1-4-5(10-2-3)6(9)11-12-7(4)13;8-3-1-4-5(10-2-3)7(13)12-11-6(4)9;8-6-4-2-1-3-10-5(4)7(9)12-11-6;11-6-4-2-1-3-8-5(4)7(12)10-9-6;9-6-4-2-1-3-8-5(4)7(10)11-6;;;/h4-5,8-9,12-14H,3,6-7,10-11H2,1-2H3;6-7H,1-5H2;3-7,11H,1-2H3;1-2H;2*1-2H,(H,12,13);1-3H;1-3H,(H,9,11)(H,10,12);1-3H;3*1H4. The zero-order valence-corrected chi connectivity index (χ0v) is 77.2. The van der Waals surface area contributed by atoms with E-state index in [-0.39, 0.29) is 92.6 Å². The monoisotopic (exact) mass is 2030 g/mol. The fourth-order valence-electron chi connectivity index (χ4n) is 12.9. The lowest BCUT2D eigenvalue weighted by Gasteiger charge is -2.28. The molecule has 0 aliphatic carbocycles. The Morgan fingerprint density at radius 2 is 0.752 bits per heavy atom. The largest absolute Gasteiger partial charge is 0.569 e. The Hall–Kier alpha value is -11.7. The molecule has 0 unspecified atom stereocenters. The third kappa shape index (κ3) is 26.9. The van der Waals surface area contributed by atoms with Gasteiger partial charge in [-0.15, -0.1) is 40.8 Å². The maximum Gasteiger partial charge on any atom is 0.569 e. The van der Waals surface area contributed by atoms with Crippen LogP contribution in [0.15, 0.2) is 184 Å². The van der Waals surface area contributed by atoms with Gasteiger partial charge in [-0.3, -0.25) is 59.3 Å². The fraction of sp³-hybridized carbons (Fsp3) is 0.218. The molecule has 3 aliphatic rings. The van der Waals surface area contributed by atoms with Gasteiger partial charge in [0, 0.05) is 108 Å². The van der Waals surface area contributed by atoms with Gasteiger partial charge in [0.15, 0.2) is 53.4 Å². The summed E-state index contributed by atoms with van der Waals surface area (Å²) in [6, 6.07) is 34.3. The highest BCUT2D eigenvalue weighted by Gasteiger charge is 2.31. The summed E-state index contributed by atoms with van der Waals surface area (Å²) in [6.45, 7) is 12.6. The predicted octanol–water partition coefficient (Wildman–Crippen LogP) is 21.0. The second-order valence-corrected chi connectivity index (χ2v) is 32.9. The molecule has 3 aliphatic heterocycles. The number of para-hydroxylation sites is 1. The number of carbonyl (C=O) groups excluding carboxylic acids is 2. The van der Waals surface area contributed by atoms with Crippen molar-refractivity contribution >= 4 is 247 Å². The number of H-pyrrole nitrogens is 4. The van der Waals surface area contributed by atoms with Gasteiger partial charge in [0.1, 0.15) is 50.1 Å². The zero-order valence-electron chi connectivity index (χ0n) is 68.1. The topological polar surface area (TPSA) is 443 Å². The van der Waals surface area contributed by atoms with Gasteiger partial charge in [0.25, 0.3) is 22.2 Å². The highest BCUT2D eigenvalue weighted by atomic mass is 35.5. The minimum absolute atomic E-state index is 0. The van der Waals surface area contributed by atoms with Gasteiger partial charge in [-0.25, -0.2) is 29.8 Å². The quantitative estimate of drug-likeness (QED) is 0.0562. The average Bonchev–Trinajstić information content (AvgIpc) is 1.12. The van der Waals surface area contributed by atoms with Crippen LogP contribution in [0.1, 0.15) is 132 Å². The Balaban J connectivity index is 0.000000170. The third-order valence-electron chi connectivity index (χ3n) is 19.0. The maximum absolute atomic E-state index is 11.2. The van der Waals surface area contributed by atoms with E-state index < -0.39 is 11.9 Å².